The van der Waals surface area contributed by atoms with Crippen LogP contribution >= 0.6 is 0 Å². The van der Waals surface area contributed by atoms with Gasteiger partial charge in [-0.3, -0.25) is 0 Å². The maximum atomic E-state index is 14.4. The zero-order valence-corrected chi connectivity index (χ0v) is 16.8. The molecule has 0 aliphatic carbocycles. The Labute approximate surface area is 171 Å². The number of hydrogen-bond donors (Lipinski definition) is 2. The molecule has 10 nitrogen and oxygen atoms in total. The van der Waals surface area contributed by atoms with Gasteiger partial charge in [-0.1, -0.05) is 0 Å². The van der Waals surface area contributed by atoms with Crippen LogP contribution in [-0.4, -0.2) is 63.4 Å². The van der Waals surface area contributed by atoms with E-state index in [1.165, 1.54) is 23.4 Å². The largest absolute Gasteiger partial charge is 0.465 e. The van der Waals surface area contributed by atoms with Crippen LogP contribution < -0.4 is 5.32 Å². The number of piperidine rings is 1. The first-order valence-corrected chi connectivity index (χ1v) is 11.0. The van der Waals surface area contributed by atoms with E-state index >= 15 is 0 Å². The molecule has 2 aromatic heterocycles. The number of aromatic nitrogens is 4. The maximum absolute atomic E-state index is 14.4. The van der Waals surface area contributed by atoms with Crippen LogP contribution in [0.3, 0.4) is 0 Å². The summed E-state index contributed by atoms with van der Waals surface area (Å²) in [7, 11) is -3.52. The van der Waals surface area contributed by atoms with Crippen molar-refractivity contribution in [3.63, 3.8) is 0 Å². The molecule has 1 aliphatic heterocycles. The Kier molecular flexibility index (Phi) is 5.02. The van der Waals surface area contributed by atoms with Gasteiger partial charge in [-0.2, -0.15) is 0 Å². The normalized spacial score (nSPS) is 15.5. The van der Waals surface area contributed by atoms with Crippen molar-refractivity contribution in [3.8, 4) is 0 Å². The molecule has 0 bridgehead atoms. The maximum Gasteiger partial charge on any atom is 0.407 e. The zero-order chi connectivity index (χ0) is 21.5. The highest BCUT2D eigenvalue weighted by atomic mass is 32.2. The van der Waals surface area contributed by atoms with Crippen LogP contribution in [0.5, 0.6) is 0 Å². The highest BCUT2D eigenvalue weighted by molar-refractivity contribution is 7.90. The summed E-state index contributed by atoms with van der Waals surface area (Å²) in [4.78, 5) is 25.1. The number of likely N-dealkylation sites (tertiary alicyclic amines) is 1. The van der Waals surface area contributed by atoms with Crippen molar-refractivity contribution >= 4 is 38.6 Å². The number of fused-ring (bicyclic) bond motifs is 1. The van der Waals surface area contributed by atoms with E-state index in [2.05, 4.69) is 20.3 Å². The van der Waals surface area contributed by atoms with Crippen LogP contribution in [0.15, 0.2) is 35.7 Å². The molecule has 3 heterocycles. The van der Waals surface area contributed by atoms with Gasteiger partial charge in [-0.05, 0) is 31.0 Å². The van der Waals surface area contributed by atoms with Crippen molar-refractivity contribution in [1.29, 1.82) is 0 Å². The van der Waals surface area contributed by atoms with Crippen molar-refractivity contribution in [1.82, 2.24) is 24.4 Å². The number of carboxylic acid groups (broad SMARTS) is 1. The van der Waals surface area contributed by atoms with E-state index in [1.54, 1.807) is 6.33 Å². The summed E-state index contributed by atoms with van der Waals surface area (Å²) in [5, 5.41) is 12.0. The fourth-order valence-corrected chi connectivity index (χ4v) is 4.13. The topological polar surface area (TPSA) is 130 Å². The monoisotopic (exact) mass is 434 g/mol. The van der Waals surface area contributed by atoms with Gasteiger partial charge in [-0.25, -0.2) is 32.6 Å². The molecule has 1 fully saturated rings. The summed E-state index contributed by atoms with van der Waals surface area (Å²) in [6.45, 7) is 0.849. The second-order valence-electron chi connectivity index (χ2n) is 7.09. The van der Waals surface area contributed by atoms with Crippen molar-refractivity contribution < 1.29 is 22.7 Å². The van der Waals surface area contributed by atoms with Gasteiger partial charge in [0.15, 0.2) is 26.8 Å². The molecular weight excluding hydrogens is 415 g/mol. The fourth-order valence-electron chi connectivity index (χ4n) is 3.50. The molecule has 1 amide bonds. The Morgan fingerprint density at radius 1 is 1.23 bits per heavy atom. The van der Waals surface area contributed by atoms with E-state index in [1.807, 2.05) is 4.57 Å². The van der Waals surface area contributed by atoms with E-state index in [4.69, 9.17) is 5.11 Å². The second-order valence-corrected chi connectivity index (χ2v) is 9.10. The van der Waals surface area contributed by atoms with Crippen molar-refractivity contribution in [3.05, 3.63) is 36.7 Å². The van der Waals surface area contributed by atoms with Gasteiger partial charge < -0.3 is 19.9 Å². The molecule has 0 spiro atoms. The van der Waals surface area contributed by atoms with E-state index in [9.17, 15) is 17.6 Å². The van der Waals surface area contributed by atoms with Gasteiger partial charge in [-0.15, -0.1) is 0 Å². The quantitative estimate of drug-likeness (QED) is 0.640. The zero-order valence-electron chi connectivity index (χ0n) is 16.0. The Hall–Kier alpha value is -3.28. The summed E-state index contributed by atoms with van der Waals surface area (Å²) in [5.41, 5.74) is 1.05. The predicted octanol–water partition coefficient (Wildman–Crippen LogP) is 2.43. The van der Waals surface area contributed by atoms with Crippen LogP contribution in [0.2, 0.25) is 0 Å². The number of rotatable bonds is 4. The Morgan fingerprint density at radius 2 is 1.97 bits per heavy atom. The number of halogens is 1. The summed E-state index contributed by atoms with van der Waals surface area (Å²) >= 11 is 0. The summed E-state index contributed by atoms with van der Waals surface area (Å²) in [6.07, 6.45) is 4.29. The van der Waals surface area contributed by atoms with Gasteiger partial charge in [0.05, 0.1) is 16.9 Å². The first-order valence-electron chi connectivity index (χ1n) is 9.16. The third-order valence-electron chi connectivity index (χ3n) is 5.11. The minimum absolute atomic E-state index is 0.0409. The molecule has 12 heteroatoms. The first-order chi connectivity index (χ1) is 14.2. The summed E-state index contributed by atoms with van der Waals surface area (Å²) in [5.74, 6) is -0.446. The number of carbonyl (C=O) groups is 1. The van der Waals surface area contributed by atoms with Crippen LogP contribution in [0.1, 0.15) is 18.9 Å². The van der Waals surface area contributed by atoms with E-state index in [0.717, 1.165) is 12.3 Å². The number of sulfone groups is 1. The molecule has 3 aromatic rings. The lowest BCUT2D eigenvalue weighted by molar-refractivity contribution is 0.126. The molecule has 4 rings (SSSR count). The number of benzene rings is 1. The van der Waals surface area contributed by atoms with Gasteiger partial charge in [0.1, 0.15) is 12.1 Å². The second kappa shape index (κ2) is 7.52. The molecule has 0 radical (unpaired) electrons. The van der Waals surface area contributed by atoms with Crippen LogP contribution in [0.25, 0.3) is 11.2 Å². The van der Waals surface area contributed by atoms with Gasteiger partial charge in [0.2, 0.25) is 0 Å². The molecule has 0 saturated carbocycles. The lowest BCUT2D eigenvalue weighted by Gasteiger charge is -2.30. The molecular formula is C18H19FN6O4S. The molecule has 158 valence electrons. The first kappa shape index (κ1) is 20.0. The molecule has 0 atom stereocenters. The van der Waals surface area contributed by atoms with Gasteiger partial charge in [0, 0.05) is 25.4 Å². The Balaban J connectivity index is 1.61. The standard InChI is InChI=1S/C18H19FN6O4S/c1-30(28,29)12-2-3-14(13(19)8-12)23-16-15-17(21-9-20-16)25(10-22-15)11-4-6-24(7-5-11)18(26)27/h2-3,8-11H,4-7H2,1H3,(H,26,27)(H,20,21,23). The van der Waals surface area contributed by atoms with Crippen LogP contribution in [-0.2, 0) is 9.84 Å². The molecule has 0 unspecified atom stereocenters. The van der Waals surface area contributed by atoms with Crippen molar-refractivity contribution in [2.75, 3.05) is 24.7 Å². The molecule has 30 heavy (non-hydrogen) atoms. The summed E-state index contributed by atoms with van der Waals surface area (Å²) in [6, 6.07) is 3.64. The highest BCUT2D eigenvalue weighted by Gasteiger charge is 2.25. The van der Waals surface area contributed by atoms with Crippen LogP contribution in [0, 0.1) is 5.82 Å². The van der Waals surface area contributed by atoms with Crippen molar-refractivity contribution in [2.45, 2.75) is 23.8 Å². The van der Waals surface area contributed by atoms with Crippen LogP contribution in [0.4, 0.5) is 20.7 Å². The van der Waals surface area contributed by atoms with E-state index in [-0.39, 0.29) is 22.4 Å². The molecule has 1 saturated heterocycles. The molecule has 1 aromatic carbocycles. The molecule has 2 N–H and O–H groups in total. The lowest BCUT2D eigenvalue weighted by atomic mass is 10.1. The number of hydrogen-bond acceptors (Lipinski definition) is 7. The number of nitrogens with one attached hydrogen (secondary N) is 1. The van der Waals surface area contributed by atoms with Gasteiger partial charge >= 0.3 is 6.09 Å². The Morgan fingerprint density at radius 3 is 2.60 bits per heavy atom. The smallest absolute Gasteiger partial charge is 0.407 e. The summed E-state index contributed by atoms with van der Waals surface area (Å²) < 4.78 is 39.5. The minimum Gasteiger partial charge on any atom is -0.465 e. The van der Waals surface area contributed by atoms with E-state index < -0.39 is 21.7 Å². The van der Waals surface area contributed by atoms with Crippen molar-refractivity contribution in [2.24, 2.45) is 0 Å². The number of amides is 1. The lowest BCUT2D eigenvalue weighted by Crippen LogP contribution is -2.38. The Bertz CT molecular complexity index is 1220. The predicted molar refractivity (Wildman–Crippen MR) is 106 cm³/mol. The molecule has 1 aliphatic rings. The third-order valence-corrected chi connectivity index (χ3v) is 6.22. The average Bonchev–Trinajstić information content (AvgIpc) is 3.14. The number of anilines is 2. The number of imidazole rings is 1. The SMILES string of the molecule is CS(=O)(=O)c1ccc(Nc2ncnc3c2ncn3C2CCN(C(=O)O)CC2)c(F)c1. The minimum atomic E-state index is -3.52. The van der Waals surface area contributed by atoms with E-state index in [0.29, 0.717) is 37.1 Å². The highest BCUT2D eigenvalue weighted by Crippen LogP contribution is 2.29. The van der Waals surface area contributed by atoms with Gasteiger partial charge in [0.25, 0.3) is 0 Å². The number of nitrogens with zero attached hydrogens (tertiary/aromatic N) is 5. The third kappa shape index (κ3) is 3.77. The fraction of sp³-hybridized carbons (Fsp3) is 0.333. The average molecular weight is 434 g/mol.